The average Bonchev–Trinajstić information content (AvgIpc) is 3.62. The number of nitrogens with zero attached hydrogens (tertiary/aromatic N) is 3. The van der Waals surface area contributed by atoms with Crippen LogP contribution in [0.4, 0.5) is 17.2 Å². The molecule has 0 unspecified atom stereocenters. The van der Waals surface area contributed by atoms with Crippen LogP contribution in [0, 0.1) is 0 Å². The van der Waals surface area contributed by atoms with E-state index in [1.165, 1.54) is 16.3 Å². The summed E-state index contributed by atoms with van der Waals surface area (Å²) < 4.78 is 12.3. The van der Waals surface area contributed by atoms with Crippen molar-refractivity contribution in [2.45, 2.75) is 0 Å². The number of rotatable bonds is 4. The molecular formula is C38H23N3O2. The Bertz CT molecular complexity index is 2490. The lowest BCUT2D eigenvalue weighted by atomic mass is 9.98. The number of para-hydroxylation sites is 2. The second-order valence-corrected chi connectivity index (χ2v) is 10.7. The van der Waals surface area contributed by atoms with Crippen molar-refractivity contribution in [3.8, 4) is 11.1 Å². The van der Waals surface area contributed by atoms with Crippen molar-refractivity contribution in [1.29, 1.82) is 0 Å². The Balaban J connectivity index is 1.27. The summed E-state index contributed by atoms with van der Waals surface area (Å²) in [5.41, 5.74) is 6.96. The van der Waals surface area contributed by atoms with Crippen molar-refractivity contribution in [2.24, 2.45) is 0 Å². The van der Waals surface area contributed by atoms with E-state index in [2.05, 4.69) is 95.9 Å². The molecule has 0 spiro atoms. The van der Waals surface area contributed by atoms with E-state index >= 15 is 0 Å². The molecule has 4 aromatic heterocycles. The molecule has 0 aliphatic carbocycles. The standard InChI is InChI=1S/C38H23N3O2/c1-2-13-28-24(9-1)10-8-16-29(28)25-11-7-12-26(21-25)41(27-22-33-31-15-4-6-18-35(31)42-37(33)39-23-27)36-20-19-32-30-14-3-5-17-34(30)43-38(32)40-36/h1-23H. The number of fused-ring (bicyclic) bond motifs is 7. The number of anilines is 3. The fourth-order valence-corrected chi connectivity index (χ4v) is 6.14. The molecule has 0 fully saturated rings. The molecule has 202 valence electrons. The highest BCUT2D eigenvalue weighted by atomic mass is 16.3. The Morgan fingerprint density at radius 1 is 0.488 bits per heavy atom. The molecule has 5 nitrogen and oxygen atoms in total. The molecule has 4 heterocycles. The van der Waals surface area contributed by atoms with Gasteiger partial charge in [-0.3, -0.25) is 4.90 Å². The molecule has 0 atom stereocenters. The molecule has 0 aliphatic heterocycles. The van der Waals surface area contributed by atoms with Crippen molar-refractivity contribution >= 4 is 72.1 Å². The number of furan rings is 2. The summed E-state index contributed by atoms with van der Waals surface area (Å²) >= 11 is 0. The van der Waals surface area contributed by atoms with E-state index in [1.807, 2.05) is 48.7 Å². The fourth-order valence-electron chi connectivity index (χ4n) is 6.14. The van der Waals surface area contributed by atoms with Gasteiger partial charge in [0.1, 0.15) is 17.0 Å². The Kier molecular flexibility index (Phi) is 5.13. The van der Waals surface area contributed by atoms with Gasteiger partial charge in [-0.1, -0.05) is 91.0 Å². The molecule has 5 heteroatoms. The van der Waals surface area contributed by atoms with E-state index < -0.39 is 0 Å². The van der Waals surface area contributed by atoms with Crippen LogP contribution >= 0.6 is 0 Å². The summed E-state index contributed by atoms with van der Waals surface area (Å²) in [6.07, 6.45) is 1.85. The van der Waals surface area contributed by atoms with Crippen LogP contribution < -0.4 is 4.90 Å². The zero-order valence-electron chi connectivity index (χ0n) is 22.9. The van der Waals surface area contributed by atoms with E-state index in [9.17, 15) is 0 Å². The van der Waals surface area contributed by atoms with Crippen molar-refractivity contribution in [2.75, 3.05) is 4.90 Å². The number of aromatic nitrogens is 2. The first-order chi connectivity index (χ1) is 21.3. The smallest absolute Gasteiger partial charge is 0.229 e. The molecule has 43 heavy (non-hydrogen) atoms. The zero-order chi connectivity index (χ0) is 28.3. The SMILES string of the molecule is c1cc(-c2cccc3ccccc23)cc(N(c2cnc3oc4ccccc4c3c2)c2ccc3c(n2)oc2ccccc23)c1. The summed E-state index contributed by atoms with van der Waals surface area (Å²) in [5.74, 6) is 0.732. The third-order valence-corrected chi connectivity index (χ3v) is 8.14. The Morgan fingerprint density at radius 3 is 2.05 bits per heavy atom. The molecular weight excluding hydrogens is 530 g/mol. The first-order valence-electron chi connectivity index (χ1n) is 14.2. The Morgan fingerprint density at radius 2 is 1.19 bits per heavy atom. The Hall–Kier alpha value is -5.94. The van der Waals surface area contributed by atoms with Gasteiger partial charge in [0, 0.05) is 21.8 Å². The van der Waals surface area contributed by atoms with Gasteiger partial charge in [-0.15, -0.1) is 0 Å². The van der Waals surface area contributed by atoms with E-state index in [1.54, 1.807) is 0 Å². The molecule has 0 N–H and O–H groups in total. The van der Waals surface area contributed by atoms with E-state index in [0.29, 0.717) is 11.4 Å². The van der Waals surface area contributed by atoms with Crippen LogP contribution in [0.25, 0.3) is 66.0 Å². The minimum absolute atomic E-state index is 0.594. The van der Waals surface area contributed by atoms with Gasteiger partial charge >= 0.3 is 0 Å². The van der Waals surface area contributed by atoms with Gasteiger partial charge in [0.15, 0.2) is 0 Å². The molecule has 0 saturated carbocycles. The molecule has 0 amide bonds. The number of hydrogen-bond donors (Lipinski definition) is 0. The molecule has 0 bridgehead atoms. The quantitative estimate of drug-likeness (QED) is 0.217. The van der Waals surface area contributed by atoms with Crippen LogP contribution in [0.5, 0.6) is 0 Å². The van der Waals surface area contributed by atoms with Crippen LogP contribution in [0.2, 0.25) is 0 Å². The van der Waals surface area contributed by atoms with Gasteiger partial charge < -0.3 is 8.83 Å². The predicted octanol–water partition coefficient (Wildman–Crippen LogP) is 10.6. The van der Waals surface area contributed by atoms with Crippen molar-refractivity contribution < 1.29 is 8.83 Å². The second kappa shape index (κ2) is 9.29. The topological polar surface area (TPSA) is 55.3 Å². The number of hydrogen-bond acceptors (Lipinski definition) is 5. The number of pyridine rings is 2. The first kappa shape index (κ1) is 23.7. The summed E-state index contributed by atoms with van der Waals surface area (Å²) in [6.45, 7) is 0. The lowest BCUT2D eigenvalue weighted by molar-refractivity contribution is 0.653. The molecule has 9 rings (SSSR count). The van der Waals surface area contributed by atoms with E-state index in [0.717, 1.165) is 55.5 Å². The zero-order valence-corrected chi connectivity index (χ0v) is 22.9. The summed E-state index contributed by atoms with van der Waals surface area (Å²) in [7, 11) is 0. The van der Waals surface area contributed by atoms with E-state index in [-0.39, 0.29) is 0 Å². The third kappa shape index (κ3) is 3.79. The van der Waals surface area contributed by atoms with E-state index in [4.69, 9.17) is 18.8 Å². The molecule has 0 aliphatic rings. The van der Waals surface area contributed by atoms with Crippen LogP contribution in [-0.4, -0.2) is 9.97 Å². The van der Waals surface area contributed by atoms with Crippen molar-refractivity contribution in [3.05, 3.63) is 140 Å². The van der Waals surface area contributed by atoms with Crippen LogP contribution in [0.15, 0.2) is 148 Å². The Labute approximate surface area is 246 Å². The fraction of sp³-hybridized carbons (Fsp3) is 0. The van der Waals surface area contributed by atoms with Crippen LogP contribution in [0.1, 0.15) is 0 Å². The molecule has 0 saturated heterocycles. The van der Waals surface area contributed by atoms with Gasteiger partial charge in [0.25, 0.3) is 0 Å². The maximum absolute atomic E-state index is 6.20. The third-order valence-electron chi connectivity index (χ3n) is 8.14. The highest BCUT2D eigenvalue weighted by molar-refractivity contribution is 6.06. The summed E-state index contributed by atoms with van der Waals surface area (Å²) in [6, 6.07) is 45.8. The second-order valence-electron chi connectivity index (χ2n) is 10.7. The highest BCUT2D eigenvalue weighted by Crippen LogP contribution is 2.40. The van der Waals surface area contributed by atoms with Crippen molar-refractivity contribution in [3.63, 3.8) is 0 Å². The summed E-state index contributed by atoms with van der Waals surface area (Å²) in [5, 5.41) is 6.43. The molecule has 9 aromatic rings. The van der Waals surface area contributed by atoms with Gasteiger partial charge in [0.2, 0.25) is 11.4 Å². The van der Waals surface area contributed by atoms with Crippen LogP contribution in [-0.2, 0) is 0 Å². The first-order valence-corrected chi connectivity index (χ1v) is 14.2. The van der Waals surface area contributed by atoms with Gasteiger partial charge in [-0.05, 0) is 64.4 Å². The lowest BCUT2D eigenvalue weighted by Gasteiger charge is -2.24. The normalized spacial score (nSPS) is 11.7. The number of benzene rings is 5. The highest BCUT2D eigenvalue weighted by Gasteiger charge is 2.20. The summed E-state index contributed by atoms with van der Waals surface area (Å²) in [4.78, 5) is 11.9. The monoisotopic (exact) mass is 553 g/mol. The van der Waals surface area contributed by atoms with Gasteiger partial charge in [-0.2, -0.15) is 4.98 Å². The van der Waals surface area contributed by atoms with Gasteiger partial charge in [-0.25, -0.2) is 4.98 Å². The van der Waals surface area contributed by atoms with Crippen LogP contribution in [0.3, 0.4) is 0 Å². The van der Waals surface area contributed by atoms with Gasteiger partial charge in [0.05, 0.1) is 17.3 Å². The maximum Gasteiger partial charge on any atom is 0.229 e. The molecule has 0 radical (unpaired) electrons. The average molecular weight is 554 g/mol. The lowest BCUT2D eigenvalue weighted by Crippen LogP contribution is -2.12. The molecule has 5 aromatic carbocycles. The van der Waals surface area contributed by atoms with Crippen molar-refractivity contribution in [1.82, 2.24) is 9.97 Å². The minimum Gasteiger partial charge on any atom is -0.438 e. The minimum atomic E-state index is 0.594. The predicted molar refractivity (Wildman–Crippen MR) is 174 cm³/mol. The maximum atomic E-state index is 6.20. The largest absolute Gasteiger partial charge is 0.438 e.